The van der Waals surface area contributed by atoms with Gasteiger partial charge in [0.25, 0.3) is 0 Å². The molecule has 0 aliphatic rings. The predicted molar refractivity (Wildman–Crippen MR) is 81.8 cm³/mol. The van der Waals surface area contributed by atoms with Gasteiger partial charge in [0.1, 0.15) is 0 Å². The van der Waals surface area contributed by atoms with Crippen molar-refractivity contribution in [2.45, 2.75) is 6.92 Å². The van der Waals surface area contributed by atoms with Crippen LogP contribution in [0.1, 0.15) is 5.56 Å². The molecule has 1 aromatic heterocycles. The van der Waals surface area contributed by atoms with Crippen LogP contribution < -0.4 is 5.32 Å². The highest BCUT2D eigenvalue weighted by Gasteiger charge is 2.05. The SMILES string of the molecule is Cc1ccccc1Nc1nc2cc(Br)ccc2s1. The zero-order valence-corrected chi connectivity index (χ0v) is 12.2. The lowest BCUT2D eigenvalue weighted by Crippen LogP contribution is -1.91. The second-order valence-electron chi connectivity index (χ2n) is 4.07. The molecule has 0 saturated heterocycles. The van der Waals surface area contributed by atoms with Crippen molar-refractivity contribution in [3.63, 3.8) is 0 Å². The largest absolute Gasteiger partial charge is 0.331 e. The van der Waals surface area contributed by atoms with Gasteiger partial charge in [-0.2, -0.15) is 0 Å². The third kappa shape index (κ3) is 2.26. The molecule has 0 radical (unpaired) electrons. The summed E-state index contributed by atoms with van der Waals surface area (Å²) in [5.41, 5.74) is 3.35. The normalized spacial score (nSPS) is 10.8. The first-order valence-corrected chi connectivity index (χ1v) is 7.22. The first-order valence-electron chi connectivity index (χ1n) is 5.61. The van der Waals surface area contributed by atoms with Crippen molar-refractivity contribution in [1.29, 1.82) is 0 Å². The van der Waals surface area contributed by atoms with Crippen LogP contribution in [-0.2, 0) is 0 Å². The number of benzene rings is 2. The standard InChI is InChI=1S/C14H11BrN2S/c1-9-4-2-3-5-11(9)16-14-17-12-8-10(15)6-7-13(12)18-14/h2-8H,1H3,(H,16,17). The fourth-order valence-corrected chi connectivity index (χ4v) is 2.99. The third-order valence-electron chi connectivity index (χ3n) is 2.74. The summed E-state index contributed by atoms with van der Waals surface area (Å²) >= 11 is 5.13. The molecule has 4 heteroatoms. The lowest BCUT2D eigenvalue weighted by molar-refractivity contribution is 1.39. The molecule has 3 aromatic rings. The second kappa shape index (κ2) is 4.71. The summed E-state index contributed by atoms with van der Waals surface area (Å²) < 4.78 is 2.25. The molecule has 0 unspecified atom stereocenters. The van der Waals surface area contributed by atoms with Gasteiger partial charge in [-0.25, -0.2) is 4.98 Å². The molecule has 90 valence electrons. The Hall–Kier alpha value is -1.39. The van der Waals surface area contributed by atoms with Crippen molar-refractivity contribution < 1.29 is 0 Å². The van der Waals surface area contributed by atoms with Gasteiger partial charge in [0.05, 0.1) is 10.2 Å². The summed E-state index contributed by atoms with van der Waals surface area (Å²) in [4.78, 5) is 4.59. The predicted octanol–water partition coefficient (Wildman–Crippen LogP) is 5.11. The molecule has 0 saturated carbocycles. The van der Waals surface area contributed by atoms with E-state index in [0.29, 0.717) is 0 Å². The maximum Gasteiger partial charge on any atom is 0.188 e. The Labute approximate surface area is 118 Å². The number of thiazole rings is 1. The lowest BCUT2D eigenvalue weighted by Gasteiger charge is -2.04. The zero-order valence-electron chi connectivity index (χ0n) is 9.77. The molecule has 2 aromatic carbocycles. The van der Waals surface area contributed by atoms with E-state index in [1.807, 2.05) is 24.3 Å². The second-order valence-corrected chi connectivity index (χ2v) is 6.02. The number of para-hydroxylation sites is 1. The first-order chi connectivity index (χ1) is 8.72. The number of aromatic nitrogens is 1. The molecule has 0 aliphatic carbocycles. The number of nitrogens with zero attached hydrogens (tertiary/aromatic N) is 1. The van der Waals surface area contributed by atoms with Crippen LogP contribution in [0.25, 0.3) is 10.2 Å². The topological polar surface area (TPSA) is 24.9 Å². The number of aryl methyl sites for hydroxylation is 1. The molecule has 3 rings (SSSR count). The summed E-state index contributed by atoms with van der Waals surface area (Å²) in [5, 5.41) is 4.30. The molecule has 0 fully saturated rings. The van der Waals surface area contributed by atoms with Crippen LogP contribution in [0, 0.1) is 6.92 Å². The van der Waals surface area contributed by atoms with Crippen molar-refractivity contribution in [2.75, 3.05) is 5.32 Å². The Morgan fingerprint density at radius 2 is 2.00 bits per heavy atom. The number of rotatable bonds is 2. The van der Waals surface area contributed by atoms with E-state index >= 15 is 0 Å². The average molecular weight is 319 g/mol. The van der Waals surface area contributed by atoms with Gasteiger partial charge in [-0.15, -0.1) is 0 Å². The van der Waals surface area contributed by atoms with Gasteiger partial charge in [-0.05, 0) is 36.8 Å². The summed E-state index contributed by atoms with van der Waals surface area (Å²) in [6.45, 7) is 2.09. The Morgan fingerprint density at radius 3 is 2.83 bits per heavy atom. The minimum Gasteiger partial charge on any atom is -0.331 e. The van der Waals surface area contributed by atoms with Crippen LogP contribution in [0.4, 0.5) is 10.8 Å². The minimum absolute atomic E-state index is 0.928. The maximum atomic E-state index is 4.59. The van der Waals surface area contributed by atoms with Gasteiger partial charge in [0.15, 0.2) is 5.13 Å². The van der Waals surface area contributed by atoms with E-state index in [-0.39, 0.29) is 0 Å². The van der Waals surface area contributed by atoms with Crippen molar-refractivity contribution in [3.05, 3.63) is 52.5 Å². The van der Waals surface area contributed by atoms with E-state index < -0.39 is 0 Å². The van der Waals surface area contributed by atoms with Crippen LogP contribution in [0.15, 0.2) is 46.9 Å². The third-order valence-corrected chi connectivity index (χ3v) is 4.18. The lowest BCUT2D eigenvalue weighted by atomic mass is 10.2. The number of anilines is 2. The van der Waals surface area contributed by atoms with Crippen molar-refractivity contribution >= 4 is 48.3 Å². The number of hydrogen-bond acceptors (Lipinski definition) is 3. The fourth-order valence-electron chi connectivity index (χ4n) is 1.78. The highest BCUT2D eigenvalue weighted by molar-refractivity contribution is 9.10. The monoisotopic (exact) mass is 318 g/mol. The van der Waals surface area contributed by atoms with Crippen LogP contribution >= 0.6 is 27.3 Å². The van der Waals surface area contributed by atoms with Crippen LogP contribution in [0.5, 0.6) is 0 Å². The molecule has 0 bridgehead atoms. The molecule has 0 spiro atoms. The van der Waals surface area contributed by atoms with Gasteiger partial charge in [-0.3, -0.25) is 0 Å². The van der Waals surface area contributed by atoms with Crippen LogP contribution in [0.3, 0.4) is 0 Å². The zero-order chi connectivity index (χ0) is 12.5. The quantitative estimate of drug-likeness (QED) is 0.710. The number of nitrogens with one attached hydrogen (secondary N) is 1. The van der Waals surface area contributed by atoms with Crippen molar-refractivity contribution in [2.24, 2.45) is 0 Å². The van der Waals surface area contributed by atoms with E-state index in [0.717, 1.165) is 20.8 Å². The Morgan fingerprint density at radius 1 is 1.17 bits per heavy atom. The van der Waals surface area contributed by atoms with Crippen molar-refractivity contribution in [3.8, 4) is 0 Å². The summed E-state index contributed by atoms with van der Waals surface area (Å²) in [6, 6.07) is 14.4. The highest BCUT2D eigenvalue weighted by Crippen LogP contribution is 2.30. The number of halogens is 1. The molecule has 0 aliphatic heterocycles. The van der Waals surface area contributed by atoms with Gasteiger partial charge >= 0.3 is 0 Å². The van der Waals surface area contributed by atoms with E-state index in [4.69, 9.17) is 0 Å². The first kappa shape index (κ1) is 11.7. The van der Waals surface area contributed by atoms with Gasteiger partial charge in [0.2, 0.25) is 0 Å². The van der Waals surface area contributed by atoms with Crippen molar-refractivity contribution in [1.82, 2.24) is 4.98 Å². The number of hydrogen-bond donors (Lipinski definition) is 1. The van der Waals surface area contributed by atoms with Gasteiger partial charge in [-0.1, -0.05) is 45.5 Å². The van der Waals surface area contributed by atoms with E-state index in [9.17, 15) is 0 Å². The van der Waals surface area contributed by atoms with E-state index in [1.165, 1.54) is 10.3 Å². The number of fused-ring (bicyclic) bond motifs is 1. The molecule has 1 heterocycles. The van der Waals surface area contributed by atoms with Crippen LogP contribution in [-0.4, -0.2) is 4.98 Å². The Balaban J connectivity index is 1.98. The molecular weight excluding hydrogens is 308 g/mol. The minimum atomic E-state index is 0.928. The molecule has 2 nitrogen and oxygen atoms in total. The fraction of sp³-hybridized carbons (Fsp3) is 0.0714. The summed E-state index contributed by atoms with van der Waals surface area (Å²) in [6.07, 6.45) is 0. The summed E-state index contributed by atoms with van der Waals surface area (Å²) in [7, 11) is 0. The smallest absolute Gasteiger partial charge is 0.188 e. The maximum absolute atomic E-state index is 4.59. The Kier molecular flexibility index (Phi) is 3.06. The molecule has 18 heavy (non-hydrogen) atoms. The van der Waals surface area contributed by atoms with Crippen LogP contribution in [0.2, 0.25) is 0 Å². The van der Waals surface area contributed by atoms with Gasteiger partial charge < -0.3 is 5.32 Å². The molecular formula is C14H11BrN2S. The Bertz CT molecular complexity index is 706. The average Bonchev–Trinajstić information content (AvgIpc) is 2.73. The van der Waals surface area contributed by atoms with E-state index in [2.05, 4.69) is 51.4 Å². The van der Waals surface area contributed by atoms with Gasteiger partial charge in [0, 0.05) is 10.2 Å². The van der Waals surface area contributed by atoms with E-state index in [1.54, 1.807) is 11.3 Å². The molecule has 0 atom stereocenters. The highest BCUT2D eigenvalue weighted by atomic mass is 79.9. The molecule has 0 amide bonds. The summed E-state index contributed by atoms with van der Waals surface area (Å²) in [5.74, 6) is 0. The molecule has 1 N–H and O–H groups in total.